The van der Waals surface area contributed by atoms with Crippen LogP contribution in [0.15, 0.2) is 6.20 Å². The quantitative estimate of drug-likeness (QED) is 0.524. The monoisotopic (exact) mass is 449 g/mol. The van der Waals surface area contributed by atoms with Crippen LogP contribution in [0.4, 0.5) is 4.79 Å². The van der Waals surface area contributed by atoms with Gasteiger partial charge in [0.15, 0.2) is 0 Å². The smallest absolute Gasteiger partial charge is 0.410 e. The molecule has 0 bridgehead atoms. The van der Waals surface area contributed by atoms with E-state index in [0.717, 1.165) is 12.8 Å². The number of amides is 1. The van der Waals surface area contributed by atoms with E-state index in [1.807, 2.05) is 43.4 Å². The molecular formula is C16H24IN3O4. The molecule has 1 aromatic heterocycles. The minimum atomic E-state index is -0.512. The maximum atomic E-state index is 12.3. The molecule has 0 aromatic carbocycles. The van der Waals surface area contributed by atoms with Gasteiger partial charge in [-0.2, -0.15) is 5.10 Å². The lowest BCUT2D eigenvalue weighted by atomic mass is 10.1. The first-order valence-electron chi connectivity index (χ1n) is 8.11. The first-order valence-corrected chi connectivity index (χ1v) is 9.19. The Labute approximate surface area is 155 Å². The summed E-state index contributed by atoms with van der Waals surface area (Å²) in [6.45, 7) is 8.86. The van der Waals surface area contributed by atoms with E-state index in [9.17, 15) is 9.59 Å². The second-order valence-electron chi connectivity index (χ2n) is 6.76. The lowest BCUT2D eigenvalue weighted by molar-refractivity contribution is 0.0166. The number of esters is 1. The maximum absolute atomic E-state index is 12.3. The predicted octanol–water partition coefficient (Wildman–Crippen LogP) is 3.24. The third kappa shape index (κ3) is 4.84. The Morgan fingerprint density at radius 2 is 2.12 bits per heavy atom. The Balaban J connectivity index is 2.08. The molecule has 1 aromatic rings. The maximum Gasteiger partial charge on any atom is 0.410 e. The molecule has 24 heavy (non-hydrogen) atoms. The molecule has 1 atom stereocenters. The molecule has 134 valence electrons. The first-order chi connectivity index (χ1) is 11.2. The highest BCUT2D eigenvalue weighted by Gasteiger charge is 2.29. The number of hydrogen-bond donors (Lipinski definition) is 0. The molecule has 8 heteroatoms. The highest BCUT2D eigenvalue weighted by atomic mass is 127. The largest absolute Gasteiger partial charge is 0.462 e. The zero-order valence-corrected chi connectivity index (χ0v) is 16.7. The molecule has 1 fully saturated rings. The van der Waals surface area contributed by atoms with Crippen LogP contribution < -0.4 is 0 Å². The second kappa shape index (κ2) is 7.71. The average molecular weight is 449 g/mol. The Morgan fingerprint density at radius 3 is 2.75 bits per heavy atom. The highest BCUT2D eigenvalue weighted by molar-refractivity contribution is 14.1. The number of halogens is 1. The molecule has 2 rings (SSSR count). The van der Waals surface area contributed by atoms with Gasteiger partial charge in [0, 0.05) is 19.3 Å². The van der Waals surface area contributed by atoms with Gasteiger partial charge >= 0.3 is 12.1 Å². The standard InChI is InChI=1S/C16H24IN3O4/c1-5-23-14(21)12-10-20(18-13(12)17)11-7-6-8-19(9-11)15(22)24-16(2,3)4/h10-11H,5-9H2,1-4H3/t11-/m1/s1. The third-order valence-corrected chi connectivity index (χ3v) is 4.40. The molecule has 0 N–H and O–H groups in total. The van der Waals surface area contributed by atoms with E-state index < -0.39 is 5.60 Å². The van der Waals surface area contributed by atoms with Crippen molar-refractivity contribution in [2.75, 3.05) is 19.7 Å². The molecule has 0 radical (unpaired) electrons. The van der Waals surface area contributed by atoms with Crippen LogP contribution in [0.2, 0.25) is 0 Å². The van der Waals surface area contributed by atoms with Crippen molar-refractivity contribution >= 4 is 34.7 Å². The van der Waals surface area contributed by atoms with Gasteiger partial charge in [-0.15, -0.1) is 0 Å². The van der Waals surface area contributed by atoms with E-state index >= 15 is 0 Å². The number of carbonyl (C=O) groups is 2. The van der Waals surface area contributed by atoms with Crippen molar-refractivity contribution in [1.29, 1.82) is 0 Å². The summed E-state index contributed by atoms with van der Waals surface area (Å²) in [5.41, 5.74) is -0.0471. The first kappa shape index (κ1) is 19.0. The summed E-state index contributed by atoms with van der Waals surface area (Å²) < 4.78 is 12.9. The molecule has 0 aliphatic carbocycles. The number of piperidine rings is 1. The third-order valence-electron chi connectivity index (χ3n) is 3.60. The van der Waals surface area contributed by atoms with Crippen molar-refractivity contribution in [2.24, 2.45) is 0 Å². The lowest BCUT2D eigenvalue weighted by Crippen LogP contribution is -2.43. The average Bonchev–Trinajstić information content (AvgIpc) is 2.88. The zero-order chi connectivity index (χ0) is 17.9. The molecule has 0 spiro atoms. The lowest BCUT2D eigenvalue weighted by Gasteiger charge is -2.34. The van der Waals surface area contributed by atoms with Gasteiger partial charge in [0.2, 0.25) is 0 Å². The molecule has 1 aliphatic rings. The van der Waals surface area contributed by atoms with Gasteiger partial charge in [0.05, 0.1) is 12.6 Å². The van der Waals surface area contributed by atoms with Crippen molar-refractivity contribution in [2.45, 2.75) is 52.2 Å². The molecule has 0 saturated carbocycles. The summed E-state index contributed by atoms with van der Waals surface area (Å²) in [5.74, 6) is -0.368. The van der Waals surface area contributed by atoms with Crippen LogP contribution in [0.5, 0.6) is 0 Å². The molecule has 1 saturated heterocycles. The number of nitrogens with zero attached hydrogens (tertiary/aromatic N) is 3. The van der Waals surface area contributed by atoms with E-state index in [-0.39, 0.29) is 18.1 Å². The van der Waals surface area contributed by atoms with Crippen LogP contribution in [-0.4, -0.2) is 52.0 Å². The van der Waals surface area contributed by atoms with E-state index in [2.05, 4.69) is 5.10 Å². The predicted molar refractivity (Wildman–Crippen MR) is 97.0 cm³/mol. The number of rotatable bonds is 3. The van der Waals surface area contributed by atoms with Crippen molar-refractivity contribution in [3.63, 3.8) is 0 Å². The second-order valence-corrected chi connectivity index (χ2v) is 7.78. The summed E-state index contributed by atoms with van der Waals surface area (Å²) in [5, 5.41) is 4.43. The van der Waals surface area contributed by atoms with E-state index in [4.69, 9.17) is 9.47 Å². The Morgan fingerprint density at radius 1 is 1.42 bits per heavy atom. The van der Waals surface area contributed by atoms with Gasteiger partial charge in [-0.25, -0.2) is 9.59 Å². The van der Waals surface area contributed by atoms with Gasteiger partial charge in [-0.05, 0) is 63.1 Å². The Hall–Kier alpha value is -1.32. The minimum absolute atomic E-state index is 0.0305. The van der Waals surface area contributed by atoms with Crippen LogP contribution >= 0.6 is 22.6 Å². The van der Waals surface area contributed by atoms with Gasteiger partial charge in [-0.3, -0.25) is 4.68 Å². The Bertz CT molecular complexity index is 609. The van der Waals surface area contributed by atoms with Crippen LogP contribution in [0.3, 0.4) is 0 Å². The van der Waals surface area contributed by atoms with Crippen LogP contribution in [0.1, 0.15) is 56.9 Å². The van der Waals surface area contributed by atoms with Crippen molar-refractivity contribution in [1.82, 2.24) is 14.7 Å². The summed E-state index contributed by atoms with van der Waals surface area (Å²) in [6, 6.07) is 0.0305. The van der Waals surface area contributed by atoms with E-state index in [1.54, 1.807) is 22.7 Å². The van der Waals surface area contributed by atoms with Crippen LogP contribution in [0.25, 0.3) is 0 Å². The number of ether oxygens (including phenoxy) is 2. The van der Waals surface area contributed by atoms with Crippen LogP contribution in [-0.2, 0) is 9.47 Å². The van der Waals surface area contributed by atoms with Crippen LogP contribution in [0, 0.1) is 3.70 Å². The number of carbonyl (C=O) groups excluding carboxylic acids is 2. The Kier molecular flexibility index (Phi) is 6.11. The van der Waals surface area contributed by atoms with E-state index in [1.165, 1.54) is 0 Å². The topological polar surface area (TPSA) is 73.7 Å². The molecular weight excluding hydrogens is 425 g/mol. The summed E-state index contributed by atoms with van der Waals surface area (Å²) in [7, 11) is 0. The fourth-order valence-corrected chi connectivity index (χ4v) is 3.17. The van der Waals surface area contributed by atoms with Crippen molar-refractivity contribution in [3.8, 4) is 0 Å². The summed E-state index contributed by atoms with van der Waals surface area (Å²) in [4.78, 5) is 25.9. The van der Waals surface area contributed by atoms with Gasteiger partial charge < -0.3 is 14.4 Å². The van der Waals surface area contributed by atoms with Gasteiger partial charge in [0.25, 0.3) is 0 Å². The zero-order valence-electron chi connectivity index (χ0n) is 14.5. The van der Waals surface area contributed by atoms with Crippen molar-refractivity contribution < 1.29 is 19.1 Å². The highest BCUT2D eigenvalue weighted by Crippen LogP contribution is 2.24. The number of likely N-dealkylation sites (tertiary alicyclic amines) is 1. The number of hydrogen-bond acceptors (Lipinski definition) is 5. The normalized spacial score (nSPS) is 18.4. The molecule has 0 unspecified atom stereocenters. The fraction of sp³-hybridized carbons (Fsp3) is 0.688. The van der Waals surface area contributed by atoms with Gasteiger partial charge in [0.1, 0.15) is 14.9 Å². The summed E-state index contributed by atoms with van der Waals surface area (Å²) in [6.07, 6.45) is 3.18. The fourth-order valence-electron chi connectivity index (χ4n) is 2.57. The molecule has 1 amide bonds. The molecule has 2 heterocycles. The summed E-state index contributed by atoms with van der Waals surface area (Å²) >= 11 is 2.03. The molecule has 1 aliphatic heterocycles. The SMILES string of the molecule is CCOC(=O)c1cn([C@@H]2CCCN(C(=O)OC(C)(C)C)C2)nc1I. The van der Waals surface area contributed by atoms with Crippen molar-refractivity contribution in [3.05, 3.63) is 15.5 Å². The molecule has 7 nitrogen and oxygen atoms in total. The van der Waals surface area contributed by atoms with Gasteiger partial charge in [-0.1, -0.05) is 0 Å². The number of aromatic nitrogens is 2. The minimum Gasteiger partial charge on any atom is -0.462 e. The van der Waals surface area contributed by atoms with E-state index in [0.29, 0.717) is 29.0 Å².